The van der Waals surface area contributed by atoms with Gasteiger partial charge < -0.3 is 25.1 Å². The van der Waals surface area contributed by atoms with Crippen molar-refractivity contribution in [2.45, 2.75) is 44.3 Å². The van der Waals surface area contributed by atoms with Crippen molar-refractivity contribution in [1.82, 2.24) is 15.6 Å². The number of hydrogen-bond donors (Lipinski definition) is 3. The van der Waals surface area contributed by atoms with E-state index in [9.17, 15) is 40.7 Å². The van der Waals surface area contributed by atoms with Crippen molar-refractivity contribution in [2.24, 2.45) is 0 Å². The molecule has 0 fully saturated rings. The minimum Gasteiger partial charge on any atom is -0.449 e. The van der Waals surface area contributed by atoms with E-state index in [0.29, 0.717) is 24.3 Å². The fourth-order valence-corrected chi connectivity index (χ4v) is 5.50. The predicted molar refractivity (Wildman–Crippen MR) is 159 cm³/mol. The number of aromatic amines is 1. The lowest BCUT2D eigenvalue weighted by molar-refractivity contribution is -0.205. The first-order chi connectivity index (χ1) is 21.8. The number of esters is 2. The van der Waals surface area contributed by atoms with Crippen LogP contribution in [0.5, 0.6) is 5.75 Å². The predicted octanol–water partition coefficient (Wildman–Crippen LogP) is 5.76. The average Bonchev–Trinajstić information content (AvgIpc) is 3.40. The van der Waals surface area contributed by atoms with Gasteiger partial charge in [-0.2, -0.15) is 26.3 Å². The number of aromatic nitrogens is 1. The zero-order valence-corrected chi connectivity index (χ0v) is 24.9. The molecule has 0 spiro atoms. The number of rotatable bonds is 14. The third-order valence-corrected chi connectivity index (χ3v) is 7.67. The highest BCUT2D eigenvalue weighted by molar-refractivity contribution is 7.16. The highest BCUT2D eigenvalue weighted by Gasteiger charge is 2.43. The molecule has 0 aliphatic rings. The van der Waals surface area contributed by atoms with Crippen LogP contribution in [0.1, 0.15) is 34.8 Å². The molecule has 0 bridgehead atoms. The molecule has 0 aliphatic heterocycles. The monoisotopic (exact) mass is 669 g/mol. The van der Waals surface area contributed by atoms with Crippen molar-refractivity contribution in [3.8, 4) is 5.75 Å². The lowest BCUT2D eigenvalue weighted by atomic mass is 10.1. The Labute approximate surface area is 262 Å². The number of carbonyl (C=O) groups excluding carboxylic acids is 2. The standard InChI is InChI=1S/C31H29F6N3O5S/c32-30(33,34)27(41)44-23-12-11-22(26-25(23)40-29(43)46-26)24(45-28(42)31(35,36)37)18-39-15-13-20-8-4-9-21(16-20)17-38-14-5-10-19-6-2-1-3-7-19/h1-4,6-9,11-12,16,24,38-39H,5,10,13-15,17-18H2,(H,40,43). The molecular weight excluding hydrogens is 640 g/mol. The number of benzene rings is 3. The van der Waals surface area contributed by atoms with Gasteiger partial charge in [-0.15, -0.1) is 0 Å². The summed E-state index contributed by atoms with van der Waals surface area (Å²) < 4.78 is 86.5. The Kier molecular flexibility index (Phi) is 11.6. The molecule has 4 rings (SSSR count). The number of thiazole rings is 1. The molecule has 8 nitrogen and oxygen atoms in total. The van der Waals surface area contributed by atoms with E-state index in [1.54, 1.807) is 0 Å². The van der Waals surface area contributed by atoms with Gasteiger partial charge >= 0.3 is 29.2 Å². The first kappa shape index (κ1) is 34.7. The van der Waals surface area contributed by atoms with Crippen molar-refractivity contribution < 1.29 is 45.4 Å². The number of H-pyrrole nitrogens is 1. The van der Waals surface area contributed by atoms with Crippen molar-refractivity contribution in [2.75, 3.05) is 19.6 Å². The van der Waals surface area contributed by atoms with Crippen molar-refractivity contribution >= 4 is 33.5 Å². The van der Waals surface area contributed by atoms with Crippen LogP contribution in [0, 0.1) is 0 Å². The molecule has 46 heavy (non-hydrogen) atoms. The average molecular weight is 670 g/mol. The van der Waals surface area contributed by atoms with Crippen molar-refractivity contribution in [1.29, 1.82) is 0 Å². The zero-order valence-electron chi connectivity index (χ0n) is 24.1. The van der Waals surface area contributed by atoms with E-state index in [4.69, 9.17) is 4.74 Å². The number of ether oxygens (including phenoxy) is 2. The molecule has 3 aromatic carbocycles. The molecule has 0 saturated carbocycles. The Morgan fingerprint density at radius 3 is 2.22 bits per heavy atom. The summed E-state index contributed by atoms with van der Waals surface area (Å²) in [6, 6.07) is 19.8. The Morgan fingerprint density at radius 1 is 0.804 bits per heavy atom. The summed E-state index contributed by atoms with van der Waals surface area (Å²) in [5, 5.41) is 6.35. The lowest BCUT2D eigenvalue weighted by Gasteiger charge is -2.21. The van der Waals surface area contributed by atoms with E-state index in [1.165, 1.54) is 5.56 Å². The number of aryl methyl sites for hydroxylation is 1. The Morgan fingerprint density at radius 2 is 1.50 bits per heavy atom. The molecule has 0 radical (unpaired) electrons. The van der Waals surface area contributed by atoms with Crippen molar-refractivity contribution in [3.63, 3.8) is 0 Å². The number of fused-ring (bicyclic) bond motifs is 1. The minimum absolute atomic E-state index is 0.101. The maximum Gasteiger partial charge on any atom is 0.491 e. The van der Waals surface area contributed by atoms with Crippen LogP contribution >= 0.6 is 11.3 Å². The maximum absolute atomic E-state index is 13.1. The van der Waals surface area contributed by atoms with Crippen LogP contribution in [-0.2, 0) is 33.7 Å². The summed E-state index contributed by atoms with van der Waals surface area (Å²) in [4.78, 5) is 36.6. The van der Waals surface area contributed by atoms with Gasteiger partial charge in [0.1, 0.15) is 11.6 Å². The van der Waals surface area contributed by atoms with E-state index in [1.807, 2.05) is 42.5 Å². The Bertz CT molecular complexity index is 1690. The summed E-state index contributed by atoms with van der Waals surface area (Å²) in [7, 11) is 0. The van der Waals surface area contributed by atoms with Gasteiger partial charge in [-0.1, -0.05) is 65.9 Å². The summed E-state index contributed by atoms with van der Waals surface area (Å²) in [6.07, 6.45) is -9.86. The van der Waals surface area contributed by atoms with Gasteiger partial charge in [-0.3, -0.25) is 4.79 Å². The molecule has 1 atom stereocenters. The Hall–Kier alpha value is -4.21. The normalized spacial score (nSPS) is 12.7. The Balaban J connectivity index is 1.39. The number of hydrogen-bond acceptors (Lipinski definition) is 8. The van der Waals surface area contributed by atoms with Gasteiger partial charge in [0.2, 0.25) is 0 Å². The quantitative estimate of drug-likeness (QED) is 0.0679. The highest BCUT2D eigenvalue weighted by Crippen LogP contribution is 2.35. The molecule has 246 valence electrons. The van der Waals surface area contributed by atoms with Gasteiger partial charge in [0.25, 0.3) is 0 Å². The van der Waals surface area contributed by atoms with E-state index in [-0.39, 0.29) is 28.9 Å². The van der Waals surface area contributed by atoms with Crippen LogP contribution in [0.15, 0.2) is 71.5 Å². The van der Waals surface area contributed by atoms with Crippen LogP contribution in [0.3, 0.4) is 0 Å². The smallest absolute Gasteiger partial charge is 0.449 e. The number of alkyl halides is 6. The number of carbonyl (C=O) groups is 2. The maximum atomic E-state index is 13.1. The van der Waals surface area contributed by atoms with Crippen LogP contribution < -0.4 is 20.2 Å². The summed E-state index contributed by atoms with van der Waals surface area (Å²) >= 11 is 0.446. The van der Waals surface area contributed by atoms with Crippen LogP contribution in [-0.4, -0.2) is 48.9 Å². The number of halogens is 6. The second-order valence-electron chi connectivity index (χ2n) is 10.2. The van der Waals surface area contributed by atoms with Crippen LogP contribution in [0.2, 0.25) is 0 Å². The topological polar surface area (TPSA) is 110 Å². The minimum atomic E-state index is -5.34. The highest BCUT2D eigenvalue weighted by atomic mass is 32.1. The van der Waals surface area contributed by atoms with Gasteiger partial charge in [0.05, 0.1) is 4.70 Å². The van der Waals surface area contributed by atoms with E-state index in [2.05, 4.69) is 32.5 Å². The van der Waals surface area contributed by atoms with Crippen molar-refractivity contribution in [3.05, 3.63) is 98.7 Å². The molecule has 4 aromatic rings. The molecule has 0 saturated heterocycles. The SMILES string of the molecule is O=C(Oc1ccc(C(CNCCc2cccc(CNCCCc3ccccc3)c2)OC(=O)C(F)(F)F)c2sc(=O)[nH]c12)C(F)(F)F. The summed E-state index contributed by atoms with van der Waals surface area (Å²) in [5.74, 6) is -5.72. The first-order valence-electron chi connectivity index (χ1n) is 14.1. The molecule has 1 aromatic heterocycles. The fourth-order valence-electron chi connectivity index (χ4n) is 4.59. The molecule has 1 heterocycles. The third kappa shape index (κ3) is 9.89. The molecule has 3 N–H and O–H groups in total. The van der Waals surface area contributed by atoms with Gasteiger partial charge in [0.15, 0.2) is 5.75 Å². The van der Waals surface area contributed by atoms with Gasteiger partial charge in [-0.05, 0) is 61.2 Å². The zero-order chi connectivity index (χ0) is 33.3. The lowest BCUT2D eigenvalue weighted by Crippen LogP contribution is -2.32. The van der Waals surface area contributed by atoms with E-state index >= 15 is 0 Å². The summed E-state index contributed by atoms with van der Waals surface area (Å²) in [5.41, 5.74) is 2.80. The second kappa shape index (κ2) is 15.4. The second-order valence-corrected chi connectivity index (χ2v) is 11.2. The molecule has 0 amide bonds. The third-order valence-electron chi connectivity index (χ3n) is 6.74. The number of nitrogens with one attached hydrogen (secondary N) is 3. The van der Waals surface area contributed by atoms with Gasteiger partial charge in [0, 0.05) is 18.7 Å². The molecular formula is C31H29F6N3O5S. The van der Waals surface area contributed by atoms with E-state index in [0.717, 1.165) is 42.6 Å². The fraction of sp³-hybridized carbons (Fsp3) is 0.323. The summed E-state index contributed by atoms with van der Waals surface area (Å²) in [6.45, 7) is 1.41. The molecule has 15 heteroatoms. The molecule has 1 unspecified atom stereocenters. The first-order valence-corrected chi connectivity index (χ1v) is 14.9. The van der Waals surface area contributed by atoms with Gasteiger partial charge in [-0.25, -0.2) is 9.59 Å². The largest absolute Gasteiger partial charge is 0.491 e. The molecule has 0 aliphatic carbocycles. The van der Waals surface area contributed by atoms with E-state index < -0.39 is 41.0 Å². The van der Waals surface area contributed by atoms with Crippen LogP contribution in [0.4, 0.5) is 26.3 Å². The van der Waals surface area contributed by atoms with Crippen LogP contribution in [0.25, 0.3) is 10.2 Å².